The lowest BCUT2D eigenvalue weighted by Crippen LogP contribution is -2.63. The van der Waals surface area contributed by atoms with Gasteiger partial charge in [0.15, 0.2) is 17.1 Å². The van der Waals surface area contributed by atoms with Crippen LogP contribution in [0.1, 0.15) is 43.1 Å². The number of nitrogens with zero attached hydrogens (tertiary/aromatic N) is 2. The Labute approximate surface area is 243 Å². The lowest BCUT2D eigenvalue weighted by molar-refractivity contribution is -0.148. The van der Waals surface area contributed by atoms with Gasteiger partial charge in [-0.25, -0.2) is 4.79 Å². The molecule has 0 heterocycles. The number of allylic oxidation sites excluding steroid dienone is 1. The number of phenols is 1. The van der Waals surface area contributed by atoms with Crippen molar-refractivity contribution in [3.05, 3.63) is 39.9 Å². The monoisotopic (exact) mass is 586 g/mol. The zero-order valence-corrected chi connectivity index (χ0v) is 24.7. The van der Waals surface area contributed by atoms with Gasteiger partial charge in [0.05, 0.1) is 23.9 Å². The van der Waals surface area contributed by atoms with Gasteiger partial charge in [0.1, 0.15) is 17.1 Å². The number of likely N-dealkylation sites (N-methyl/N-ethyl adjacent to an activating group) is 1. The molecular weight excluding hydrogens is 548 g/mol. The molecule has 2 amide bonds. The Morgan fingerprint density at radius 1 is 1.14 bits per heavy atom. The van der Waals surface area contributed by atoms with Crippen LogP contribution in [0.2, 0.25) is 0 Å². The summed E-state index contributed by atoms with van der Waals surface area (Å²) in [7, 11) is 6.57. The number of phenolic OH excluding ortho intramolecular Hbond substituents is 1. The van der Waals surface area contributed by atoms with Crippen LogP contribution < -0.4 is 16.0 Å². The molecule has 7 N–H and O–H groups in total. The second kappa shape index (κ2) is 10.3. The summed E-state index contributed by atoms with van der Waals surface area (Å²) in [6.45, 7) is 5.71. The highest BCUT2D eigenvalue weighted by molar-refractivity contribution is 6.25. The molecule has 4 atom stereocenters. The molecule has 13 heteroatoms. The Kier molecular flexibility index (Phi) is 7.58. The summed E-state index contributed by atoms with van der Waals surface area (Å²) in [5.74, 6) is -7.47. The number of ether oxygens (including phenoxy) is 1. The number of aromatic hydroxyl groups is 1. The Hall–Kier alpha value is -4.10. The third-order valence-electron chi connectivity index (χ3n) is 8.05. The molecule has 0 saturated carbocycles. The fourth-order valence-corrected chi connectivity index (χ4v) is 6.22. The zero-order valence-electron chi connectivity index (χ0n) is 24.7. The van der Waals surface area contributed by atoms with Crippen LogP contribution in [-0.2, 0) is 20.7 Å². The number of aliphatic hydroxyl groups is 3. The maximum atomic E-state index is 14.0. The number of anilines is 2. The van der Waals surface area contributed by atoms with Crippen molar-refractivity contribution in [1.29, 1.82) is 0 Å². The van der Waals surface area contributed by atoms with E-state index in [1.165, 1.54) is 11.0 Å². The average molecular weight is 587 g/mol. The molecule has 0 radical (unpaired) electrons. The third kappa shape index (κ3) is 4.75. The first-order valence-electron chi connectivity index (χ1n) is 13.5. The molecule has 3 aliphatic carbocycles. The van der Waals surface area contributed by atoms with Gasteiger partial charge in [-0.15, -0.1) is 0 Å². The Morgan fingerprint density at radius 2 is 1.76 bits per heavy atom. The van der Waals surface area contributed by atoms with E-state index in [0.717, 1.165) is 0 Å². The number of nitrogens with two attached hydrogens (primary N) is 1. The largest absolute Gasteiger partial charge is 0.510 e. The van der Waals surface area contributed by atoms with Crippen molar-refractivity contribution in [2.75, 3.05) is 45.0 Å². The minimum absolute atomic E-state index is 0.0292. The maximum absolute atomic E-state index is 14.0. The highest BCUT2D eigenvalue weighted by Crippen LogP contribution is 2.53. The van der Waals surface area contributed by atoms with Crippen molar-refractivity contribution in [2.45, 2.75) is 45.3 Å². The SMILES string of the molecule is CN(C)c1cc(NC(=O)OCC(C)(C)C)c(O)c2c1C[C@@H]1C[C@@H]3[C@@H](N(C)C)C(O)=C(C(N)=O)C(=O)[C@]3(O)C(O)=C1C2=O. The molecule has 1 aromatic carbocycles. The highest BCUT2D eigenvalue weighted by Gasteiger charge is 2.63. The van der Waals surface area contributed by atoms with Crippen molar-refractivity contribution in [3.8, 4) is 5.75 Å². The van der Waals surface area contributed by atoms with Gasteiger partial charge in [0.2, 0.25) is 5.78 Å². The number of hydrogen-bond acceptors (Lipinski definition) is 11. The molecule has 0 spiro atoms. The molecule has 1 aromatic rings. The van der Waals surface area contributed by atoms with E-state index in [1.807, 2.05) is 20.8 Å². The smallest absolute Gasteiger partial charge is 0.411 e. The predicted octanol–water partition coefficient (Wildman–Crippen LogP) is 1.78. The number of rotatable bonds is 5. The van der Waals surface area contributed by atoms with Gasteiger partial charge in [0.25, 0.3) is 5.91 Å². The van der Waals surface area contributed by atoms with Crippen LogP contribution in [0.25, 0.3) is 0 Å². The summed E-state index contributed by atoms with van der Waals surface area (Å²) >= 11 is 0. The van der Waals surface area contributed by atoms with E-state index in [2.05, 4.69) is 5.32 Å². The molecule has 4 rings (SSSR count). The van der Waals surface area contributed by atoms with E-state index in [9.17, 15) is 39.6 Å². The molecule has 3 aliphatic rings. The number of carbonyl (C=O) groups excluding carboxylic acids is 4. The quantitative estimate of drug-likeness (QED) is 0.217. The molecule has 13 nitrogen and oxygen atoms in total. The number of primary amides is 1. The van der Waals surface area contributed by atoms with Crippen molar-refractivity contribution >= 4 is 34.9 Å². The van der Waals surface area contributed by atoms with Gasteiger partial charge >= 0.3 is 6.09 Å². The molecule has 0 bridgehead atoms. The summed E-state index contributed by atoms with van der Waals surface area (Å²) in [5.41, 5.74) is 1.76. The number of amides is 2. The number of aliphatic hydroxyl groups excluding tert-OH is 2. The van der Waals surface area contributed by atoms with Crippen molar-refractivity contribution < 1.29 is 44.3 Å². The Morgan fingerprint density at radius 3 is 2.29 bits per heavy atom. The van der Waals surface area contributed by atoms with Crippen LogP contribution in [0.4, 0.5) is 16.2 Å². The fraction of sp³-hybridized carbons (Fsp3) is 0.517. The lowest BCUT2D eigenvalue weighted by Gasteiger charge is -2.50. The molecule has 42 heavy (non-hydrogen) atoms. The molecule has 228 valence electrons. The molecule has 0 unspecified atom stereocenters. The summed E-state index contributed by atoms with van der Waals surface area (Å²) in [6, 6.07) is 0.427. The van der Waals surface area contributed by atoms with Gasteiger partial charge in [-0.05, 0) is 49.9 Å². The summed E-state index contributed by atoms with van der Waals surface area (Å²) in [4.78, 5) is 55.4. The van der Waals surface area contributed by atoms with E-state index >= 15 is 0 Å². The van der Waals surface area contributed by atoms with Gasteiger partial charge in [-0.3, -0.25) is 24.6 Å². The highest BCUT2D eigenvalue weighted by atomic mass is 16.5. The summed E-state index contributed by atoms with van der Waals surface area (Å²) < 4.78 is 5.25. The Bertz CT molecular complexity index is 1450. The fourth-order valence-electron chi connectivity index (χ4n) is 6.22. The standard InChI is InChI=1S/C29H38N4O9/c1-28(2,3)11-42-27(40)31-15-10-16(32(4)5)13-8-12-9-14-20(33(6)7)23(36)19(26(30)39)25(38)29(14,41)24(37)17(12)22(35)18(13)21(15)34/h10,12,14,20,34,36-37,41H,8-9,11H2,1-7H3,(H2,30,39)(H,31,40)/t12-,14-,20-,29-/m1/s1. The Balaban J connectivity index is 1.87. The predicted molar refractivity (Wildman–Crippen MR) is 152 cm³/mol. The van der Waals surface area contributed by atoms with Crippen LogP contribution in [-0.4, -0.2) is 95.3 Å². The van der Waals surface area contributed by atoms with E-state index in [1.54, 1.807) is 33.1 Å². The minimum atomic E-state index is -2.74. The minimum Gasteiger partial charge on any atom is -0.510 e. The third-order valence-corrected chi connectivity index (χ3v) is 8.05. The van der Waals surface area contributed by atoms with Crippen LogP contribution in [0.15, 0.2) is 28.7 Å². The van der Waals surface area contributed by atoms with E-state index in [-0.39, 0.29) is 41.7 Å². The molecule has 0 aromatic heterocycles. The lowest BCUT2D eigenvalue weighted by atomic mass is 9.58. The van der Waals surface area contributed by atoms with Crippen molar-refractivity contribution in [2.24, 2.45) is 23.0 Å². The number of ketones is 2. The van der Waals surface area contributed by atoms with Crippen LogP contribution >= 0.6 is 0 Å². The number of carbonyl (C=O) groups is 4. The van der Waals surface area contributed by atoms with Crippen LogP contribution in [0.5, 0.6) is 5.75 Å². The molecule has 0 saturated heterocycles. The number of nitrogens with one attached hydrogen (secondary N) is 1. The number of hydrogen-bond donors (Lipinski definition) is 6. The number of benzene rings is 1. The molecular formula is C29H38N4O9. The van der Waals surface area contributed by atoms with Crippen molar-refractivity contribution in [3.63, 3.8) is 0 Å². The van der Waals surface area contributed by atoms with E-state index < -0.39 is 69.9 Å². The second-order valence-corrected chi connectivity index (χ2v) is 12.8. The summed E-state index contributed by atoms with van der Waals surface area (Å²) in [6.07, 6.45) is -0.765. The van der Waals surface area contributed by atoms with Gasteiger partial charge in [0, 0.05) is 31.3 Å². The molecule has 0 fully saturated rings. The first-order valence-corrected chi connectivity index (χ1v) is 13.5. The van der Waals surface area contributed by atoms with E-state index in [0.29, 0.717) is 11.3 Å². The zero-order chi connectivity index (χ0) is 31.6. The van der Waals surface area contributed by atoms with Gasteiger partial charge in [-0.2, -0.15) is 0 Å². The second-order valence-electron chi connectivity index (χ2n) is 12.8. The van der Waals surface area contributed by atoms with Gasteiger partial charge in [-0.1, -0.05) is 20.8 Å². The normalized spacial score (nSPS) is 25.6. The van der Waals surface area contributed by atoms with Gasteiger partial charge < -0.3 is 35.8 Å². The summed E-state index contributed by atoms with van der Waals surface area (Å²) in [5, 5.41) is 47.8. The molecule has 0 aliphatic heterocycles. The average Bonchev–Trinajstić information content (AvgIpc) is 2.85. The topological polar surface area (TPSA) is 203 Å². The van der Waals surface area contributed by atoms with Crippen LogP contribution in [0, 0.1) is 17.3 Å². The van der Waals surface area contributed by atoms with Crippen molar-refractivity contribution in [1.82, 2.24) is 4.90 Å². The maximum Gasteiger partial charge on any atom is 0.411 e. The van der Waals surface area contributed by atoms with Crippen LogP contribution in [0.3, 0.4) is 0 Å². The number of fused-ring (bicyclic) bond motifs is 3. The number of Topliss-reactive ketones (excluding diaryl/α,β-unsaturated/α-hetero) is 2. The first kappa shape index (κ1) is 30.8. The first-order chi connectivity index (χ1) is 19.3. The van der Waals surface area contributed by atoms with E-state index in [4.69, 9.17) is 10.5 Å².